The highest BCUT2D eigenvalue weighted by atomic mass is 19.1. The molecule has 0 saturated heterocycles. The molecule has 1 aromatic heterocycles. The van der Waals surface area contributed by atoms with Crippen LogP contribution in [0.2, 0.25) is 0 Å². The lowest BCUT2D eigenvalue weighted by Gasteiger charge is -1.94. The lowest BCUT2D eigenvalue weighted by molar-refractivity contribution is 0.628. The van der Waals surface area contributed by atoms with Gasteiger partial charge in [-0.25, -0.2) is 4.39 Å². The van der Waals surface area contributed by atoms with E-state index >= 15 is 0 Å². The van der Waals surface area contributed by atoms with Gasteiger partial charge in [0.05, 0.1) is 0 Å². The van der Waals surface area contributed by atoms with Crippen molar-refractivity contribution in [2.45, 2.75) is 0 Å². The molecule has 5 heteroatoms. The highest BCUT2D eigenvalue weighted by molar-refractivity contribution is 5.53. The summed E-state index contributed by atoms with van der Waals surface area (Å²) in [7, 11) is 3.43. The van der Waals surface area contributed by atoms with Crippen molar-refractivity contribution in [3.63, 3.8) is 0 Å². The third-order valence-corrected chi connectivity index (χ3v) is 1.54. The molecule has 2 aromatic rings. The number of hydrogen-bond donors (Lipinski definition) is 0. The molecule has 0 amide bonds. The Hall–Kier alpha value is -1.91. The molecule has 0 spiro atoms. The summed E-state index contributed by atoms with van der Waals surface area (Å²) in [6, 6.07) is 6.00. The molecule has 13 heavy (non-hydrogen) atoms. The van der Waals surface area contributed by atoms with Crippen LogP contribution < -0.4 is 0 Å². The fraction of sp³-hybridized carbons (Fsp3) is 0. The highest BCUT2D eigenvalue weighted by Crippen LogP contribution is 2.13. The minimum Gasteiger partial charge on any atom is -0.301 e. The first-order chi connectivity index (χ1) is 6.25. The lowest BCUT2D eigenvalue weighted by atomic mass is 10.2. The van der Waals surface area contributed by atoms with E-state index in [1.807, 2.05) is 0 Å². The van der Waals surface area contributed by atoms with E-state index in [1.165, 1.54) is 12.1 Å². The van der Waals surface area contributed by atoms with E-state index in [-0.39, 0.29) is 5.82 Å². The van der Waals surface area contributed by atoms with E-state index in [1.54, 1.807) is 12.1 Å². The normalized spacial score (nSPS) is 10.2. The van der Waals surface area contributed by atoms with Crippen molar-refractivity contribution in [3.8, 4) is 11.4 Å². The number of hydrogen-bond acceptors (Lipinski definition) is 3. The molecule has 4 nitrogen and oxygen atoms in total. The fourth-order valence-electron chi connectivity index (χ4n) is 0.986. The molecule has 0 saturated carbocycles. The van der Waals surface area contributed by atoms with Crippen molar-refractivity contribution in [2.24, 2.45) is 0 Å². The molecule has 66 valence electrons. The molecular weight excluding hydrogens is 171 g/mol. The monoisotopic (exact) mass is 177 g/mol. The Balaban J connectivity index is 2.46. The second kappa shape index (κ2) is 2.85. The number of nitrogens with zero attached hydrogens (tertiary/aromatic N) is 4. The number of aromatic nitrogens is 4. The van der Waals surface area contributed by atoms with Gasteiger partial charge in [0.25, 0.3) is 0 Å². The average molecular weight is 177 g/mol. The van der Waals surface area contributed by atoms with Crippen molar-refractivity contribution >= 4 is 0 Å². The molecule has 1 aromatic carbocycles. The molecule has 0 fully saturated rings. The van der Waals surface area contributed by atoms with Gasteiger partial charge in [0, 0.05) is 5.56 Å². The fourth-order valence-corrected chi connectivity index (χ4v) is 0.986. The third-order valence-electron chi connectivity index (χ3n) is 1.54. The van der Waals surface area contributed by atoms with Gasteiger partial charge in [0.1, 0.15) is 5.82 Å². The van der Waals surface area contributed by atoms with Crippen LogP contribution in [0, 0.1) is 12.9 Å². The number of rotatable bonds is 1. The minimum absolute atomic E-state index is 0.321. The summed E-state index contributed by atoms with van der Waals surface area (Å²) in [5.74, 6) is 0.0485. The SMILES string of the molecule is [CH2-]n1nnc(-c2cccc(F)c2)n1. The van der Waals surface area contributed by atoms with Crippen molar-refractivity contribution < 1.29 is 4.39 Å². The summed E-state index contributed by atoms with van der Waals surface area (Å²) in [4.78, 5) is 1.08. The van der Waals surface area contributed by atoms with E-state index < -0.39 is 0 Å². The van der Waals surface area contributed by atoms with Crippen LogP contribution in [0.15, 0.2) is 24.3 Å². The Bertz CT molecular complexity index is 424. The zero-order chi connectivity index (χ0) is 9.26. The summed E-state index contributed by atoms with van der Waals surface area (Å²) >= 11 is 0. The van der Waals surface area contributed by atoms with Gasteiger partial charge >= 0.3 is 0 Å². The maximum atomic E-state index is 12.8. The summed E-state index contributed by atoms with van der Waals surface area (Å²) < 4.78 is 12.8. The molecule has 0 bridgehead atoms. The third kappa shape index (κ3) is 1.48. The molecule has 0 unspecified atom stereocenters. The predicted molar refractivity (Wildman–Crippen MR) is 44.0 cm³/mol. The van der Waals surface area contributed by atoms with Gasteiger partial charge in [0.2, 0.25) is 5.82 Å². The lowest BCUT2D eigenvalue weighted by Crippen LogP contribution is -1.89. The largest absolute Gasteiger partial charge is 0.301 e. The molecule has 2 rings (SSSR count). The van der Waals surface area contributed by atoms with Crippen LogP contribution in [0.1, 0.15) is 0 Å². The van der Waals surface area contributed by atoms with E-state index in [0.29, 0.717) is 11.4 Å². The molecule has 0 atom stereocenters. The quantitative estimate of drug-likeness (QED) is 0.613. The van der Waals surface area contributed by atoms with Crippen LogP contribution in [0.25, 0.3) is 11.4 Å². The zero-order valence-electron chi connectivity index (χ0n) is 6.68. The van der Waals surface area contributed by atoms with Crippen LogP contribution in [-0.2, 0) is 0 Å². The standard InChI is InChI=1S/C8H6FN4/c1-13-11-8(10-12-13)6-3-2-4-7(9)5-6/h2-5H,1H2/q-1. The van der Waals surface area contributed by atoms with Gasteiger partial charge in [-0.1, -0.05) is 17.3 Å². The summed E-state index contributed by atoms with van der Waals surface area (Å²) in [6.07, 6.45) is 0. The molecule has 0 aliphatic rings. The first kappa shape index (κ1) is 7.72. The summed E-state index contributed by atoms with van der Waals surface area (Å²) in [6.45, 7) is 0. The Morgan fingerprint density at radius 1 is 1.38 bits per heavy atom. The predicted octanol–water partition coefficient (Wildman–Crippen LogP) is 1.12. The van der Waals surface area contributed by atoms with Crippen molar-refractivity contribution in [2.75, 3.05) is 0 Å². The van der Waals surface area contributed by atoms with Gasteiger partial charge in [-0.15, -0.1) is 5.10 Å². The highest BCUT2D eigenvalue weighted by Gasteiger charge is 2.02. The number of halogens is 1. The van der Waals surface area contributed by atoms with Gasteiger partial charge in [0.15, 0.2) is 0 Å². The first-order valence-corrected chi connectivity index (χ1v) is 3.62. The topological polar surface area (TPSA) is 43.6 Å². The van der Waals surface area contributed by atoms with Crippen LogP contribution >= 0.6 is 0 Å². The van der Waals surface area contributed by atoms with E-state index in [2.05, 4.69) is 22.5 Å². The first-order valence-electron chi connectivity index (χ1n) is 3.62. The number of tetrazole rings is 1. The zero-order valence-corrected chi connectivity index (χ0v) is 6.68. The average Bonchev–Trinajstić information content (AvgIpc) is 2.52. The number of benzene rings is 1. The van der Waals surface area contributed by atoms with Crippen LogP contribution in [0.4, 0.5) is 4.39 Å². The molecule has 0 N–H and O–H groups in total. The Labute approximate surface area is 74.0 Å². The van der Waals surface area contributed by atoms with Crippen molar-refractivity contribution in [1.29, 1.82) is 0 Å². The molecule has 0 aliphatic heterocycles. The van der Waals surface area contributed by atoms with Crippen LogP contribution in [0.3, 0.4) is 0 Å². The van der Waals surface area contributed by atoms with Crippen LogP contribution in [-0.4, -0.2) is 20.2 Å². The summed E-state index contributed by atoms with van der Waals surface area (Å²) in [5, 5.41) is 11.1. The van der Waals surface area contributed by atoms with E-state index in [4.69, 9.17) is 0 Å². The van der Waals surface area contributed by atoms with Crippen LogP contribution in [0.5, 0.6) is 0 Å². The van der Waals surface area contributed by atoms with Crippen molar-refractivity contribution in [1.82, 2.24) is 20.2 Å². The maximum Gasteiger partial charge on any atom is 0.202 e. The van der Waals surface area contributed by atoms with Gasteiger partial charge in [-0.3, -0.25) is 7.05 Å². The van der Waals surface area contributed by atoms with Gasteiger partial charge in [-0.2, -0.15) is 5.10 Å². The molecule has 1 heterocycles. The Morgan fingerprint density at radius 2 is 2.23 bits per heavy atom. The second-order valence-corrected chi connectivity index (χ2v) is 2.50. The van der Waals surface area contributed by atoms with E-state index in [9.17, 15) is 4.39 Å². The Kier molecular flexibility index (Phi) is 1.70. The smallest absolute Gasteiger partial charge is 0.202 e. The minimum atomic E-state index is -0.321. The van der Waals surface area contributed by atoms with Gasteiger partial charge < -0.3 is 4.80 Å². The second-order valence-electron chi connectivity index (χ2n) is 2.50. The molecular formula is C8H6FN4-. The summed E-state index contributed by atoms with van der Waals surface area (Å²) in [5.41, 5.74) is 0.593. The van der Waals surface area contributed by atoms with E-state index in [0.717, 1.165) is 4.80 Å². The molecule has 0 radical (unpaired) electrons. The molecule has 0 aliphatic carbocycles. The van der Waals surface area contributed by atoms with Crippen molar-refractivity contribution in [3.05, 3.63) is 37.1 Å². The maximum absolute atomic E-state index is 12.8. The van der Waals surface area contributed by atoms with Gasteiger partial charge in [-0.05, 0) is 12.1 Å². The Morgan fingerprint density at radius 3 is 2.85 bits per heavy atom.